The Balaban J connectivity index is 2.32. The average Bonchev–Trinajstić information content (AvgIpc) is 2.42. The second-order valence-electron chi connectivity index (χ2n) is 4.03. The van der Waals surface area contributed by atoms with Crippen molar-refractivity contribution in [2.24, 2.45) is 0 Å². The Hall–Kier alpha value is -1.38. The van der Waals surface area contributed by atoms with Crippen molar-refractivity contribution < 1.29 is 9.72 Å². The quantitative estimate of drug-likeness (QED) is 0.428. The maximum Gasteiger partial charge on any atom is 0.271 e. The van der Waals surface area contributed by atoms with Crippen LogP contribution < -0.4 is 5.32 Å². The summed E-state index contributed by atoms with van der Waals surface area (Å²) in [5, 5.41) is 14.1. The summed E-state index contributed by atoms with van der Waals surface area (Å²) in [5.41, 5.74) is 0.365. The standard InChI is InChI=1S/C13H7Cl2IN2O3/c14-8-1-2-11(15)12(5-8)17-13(19)7-3-9(16)6-10(4-7)18(20)21/h1-6H,(H,17,19). The van der Waals surface area contributed by atoms with E-state index in [0.717, 1.165) is 0 Å². The van der Waals surface area contributed by atoms with Crippen LogP contribution >= 0.6 is 45.8 Å². The maximum atomic E-state index is 12.2. The second kappa shape index (κ2) is 6.59. The zero-order chi connectivity index (χ0) is 15.6. The fraction of sp³-hybridized carbons (Fsp3) is 0. The number of anilines is 1. The van der Waals surface area contributed by atoms with Crippen molar-refractivity contribution in [3.05, 3.63) is 65.7 Å². The van der Waals surface area contributed by atoms with Gasteiger partial charge in [0.15, 0.2) is 0 Å². The van der Waals surface area contributed by atoms with Crippen LogP contribution in [0.5, 0.6) is 0 Å². The lowest BCUT2D eigenvalue weighted by molar-refractivity contribution is -0.385. The van der Waals surface area contributed by atoms with E-state index < -0.39 is 10.8 Å². The van der Waals surface area contributed by atoms with Gasteiger partial charge in [-0.2, -0.15) is 0 Å². The number of non-ortho nitro benzene ring substituents is 1. The predicted molar refractivity (Wildman–Crippen MR) is 90.2 cm³/mol. The van der Waals surface area contributed by atoms with E-state index in [1.807, 2.05) is 22.6 Å². The lowest BCUT2D eigenvalue weighted by Gasteiger charge is -2.08. The van der Waals surface area contributed by atoms with E-state index in [9.17, 15) is 14.9 Å². The summed E-state index contributed by atoms with van der Waals surface area (Å²) < 4.78 is 0.587. The Morgan fingerprint density at radius 2 is 1.90 bits per heavy atom. The molecule has 2 aromatic rings. The van der Waals surface area contributed by atoms with Crippen molar-refractivity contribution in [1.82, 2.24) is 0 Å². The summed E-state index contributed by atoms with van der Waals surface area (Å²) in [6, 6.07) is 8.78. The van der Waals surface area contributed by atoms with E-state index in [-0.39, 0.29) is 11.3 Å². The zero-order valence-electron chi connectivity index (χ0n) is 10.3. The summed E-state index contributed by atoms with van der Waals surface area (Å²) in [6.45, 7) is 0. The third kappa shape index (κ3) is 4.05. The molecule has 0 radical (unpaired) electrons. The number of halogens is 3. The molecule has 0 saturated carbocycles. The van der Waals surface area contributed by atoms with Gasteiger partial charge in [-0.25, -0.2) is 0 Å². The van der Waals surface area contributed by atoms with Crippen molar-refractivity contribution in [1.29, 1.82) is 0 Å². The highest BCUT2D eigenvalue weighted by atomic mass is 127. The second-order valence-corrected chi connectivity index (χ2v) is 6.12. The highest BCUT2D eigenvalue weighted by molar-refractivity contribution is 14.1. The Kier molecular flexibility index (Phi) is 5.02. The summed E-state index contributed by atoms with van der Waals surface area (Å²) >= 11 is 13.7. The molecule has 0 aliphatic heterocycles. The molecule has 0 aliphatic rings. The van der Waals surface area contributed by atoms with E-state index in [1.165, 1.54) is 18.2 Å². The summed E-state index contributed by atoms with van der Waals surface area (Å²) in [7, 11) is 0. The van der Waals surface area contributed by atoms with Gasteiger partial charge in [0.2, 0.25) is 0 Å². The molecule has 2 rings (SSSR count). The van der Waals surface area contributed by atoms with Crippen LogP contribution in [0.1, 0.15) is 10.4 Å². The Morgan fingerprint density at radius 1 is 1.19 bits per heavy atom. The number of rotatable bonds is 3. The van der Waals surface area contributed by atoms with E-state index in [2.05, 4.69) is 5.32 Å². The van der Waals surface area contributed by atoms with Gasteiger partial charge >= 0.3 is 0 Å². The van der Waals surface area contributed by atoms with E-state index in [1.54, 1.807) is 18.2 Å². The molecule has 0 fully saturated rings. The molecule has 0 aromatic heterocycles. The van der Waals surface area contributed by atoms with Crippen molar-refractivity contribution in [2.45, 2.75) is 0 Å². The summed E-state index contributed by atoms with van der Waals surface area (Å²) in [6.07, 6.45) is 0. The Bertz CT molecular complexity index is 737. The van der Waals surface area contributed by atoms with Crippen LogP contribution in [-0.4, -0.2) is 10.8 Å². The number of carbonyl (C=O) groups excluding carboxylic acids is 1. The minimum atomic E-state index is -0.550. The van der Waals surface area contributed by atoms with Crippen LogP contribution in [-0.2, 0) is 0 Å². The highest BCUT2D eigenvalue weighted by Crippen LogP contribution is 2.26. The largest absolute Gasteiger partial charge is 0.321 e. The van der Waals surface area contributed by atoms with Gasteiger partial charge in [-0.1, -0.05) is 23.2 Å². The number of nitrogens with one attached hydrogen (secondary N) is 1. The van der Waals surface area contributed by atoms with Gasteiger partial charge in [0.1, 0.15) is 0 Å². The number of nitrogens with zero attached hydrogens (tertiary/aromatic N) is 1. The van der Waals surface area contributed by atoms with Gasteiger partial charge < -0.3 is 5.32 Å². The number of hydrogen-bond acceptors (Lipinski definition) is 3. The number of nitro benzene ring substituents is 1. The first-order chi connectivity index (χ1) is 9.86. The summed E-state index contributed by atoms with van der Waals surface area (Å²) in [4.78, 5) is 22.4. The van der Waals surface area contributed by atoms with Crippen LogP contribution in [0.15, 0.2) is 36.4 Å². The Labute approximate surface area is 143 Å². The van der Waals surface area contributed by atoms with Gasteiger partial charge in [-0.15, -0.1) is 0 Å². The first-order valence-corrected chi connectivity index (χ1v) is 7.41. The number of carbonyl (C=O) groups is 1. The van der Waals surface area contributed by atoms with Gasteiger partial charge in [0, 0.05) is 26.3 Å². The molecule has 1 amide bonds. The fourth-order valence-corrected chi connectivity index (χ4v) is 2.59. The molecule has 2 aromatic carbocycles. The average molecular weight is 437 g/mol. The molecule has 0 unspecified atom stereocenters. The molecule has 0 heterocycles. The van der Waals surface area contributed by atoms with Crippen molar-refractivity contribution in [3.63, 3.8) is 0 Å². The smallest absolute Gasteiger partial charge is 0.271 e. The number of nitro groups is 1. The van der Waals surface area contributed by atoms with Gasteiger partial charge in [-0.3, -0.25) is 14.9 Å². The molecule has 21 heavy (non-hydrogen) atoms. The van der Waals surface area contributed by atoms with Crippen molar-refractivity contribution >= 4 is 63.1 Å². The minimum absolute atomic E-state index is 0.149. The van der Waals surface area contributed by atoms with E-state index in [0.29, 0.717) is 19.3 Å². The van der Waals surface area contributed by atoms with Crippen LogP contribution in [0, 0.1) is 13.7 Å². The Morgan fingerprint density at radius 3 is 2.57 bits per heavy atom. The molecule has 108 valence electrons. The lowest BCUT2D eigenvalue weighted by Crippen LogP contribution is -2.12. The number of hydrogen-bond donors (Lipinski definition) is 1. The summed E-state index contributed by atoms with van der Waals surface area (Å²) in [5.74, 6) is -0.499. The molecule has 0 aliphatic carbocycles. The van der Waals surface area contributed by atoms with E-state index in [4.69, 9.17) is 23.2 Å². The molecular formula is C13H7Cl2IN2O3. The minimum Gasteiger partial charge on any atom is -0.321 e. The van der Waals surface area contributed by atoms with Gasteiger partial charge in [0.05, 0.1) is 15.6 Å². The molecule has 0 atom stereocenters. The molecule has 0 bridgehead atoms. The normalized spacial score (nSPS) is 10.2. The lowest BCUT2D eigenvalue weighted by atomic mass is 10.2. The third-order valence-corrected chi connectivity index (χ3v) is 3.72. The first-order valence-electron chi connectivity index (χ1n) is 5.58. The number of amides is 1. The first kappa shape index (κ1) is 16.0. The number of benzene rings is 2. The van der Waals surface area contributed by atoms with Gasteiger partial charge in [-0.05, 0) is 46.9 Å². The van der Waals surface area contributed by atoms with Crippen molar-refractivity contribution in [3.8, 4) is 0 Å². The monoisotopic (exact) mass is 436 g/mol. The van der Waals surface area contributed by atoms with E-state index >= 15 is 0 Å². The van der Waals surface area contributed by atoms with Crippen LogP contribution in [0.2, 0.25) is 10.0 Å². The zero-order valence-corrected chi connectivity index (χ0v) is 13.9. The SMILES string of the molecule is O=C(Nc1cc(Cl)ccc1Cl)c1cc(I)cc([N+](=O)[O-])c1. The third-order valence-electron chi connectivity index (χ3n) is 2.53. The fourth-order valence-electron chi connectivity index (χ4n) is 1.60. The topological polar surface area (TPSA) is 72.2 Å². The molecule has 1 N–H and O–H groups in total. The van der Waals surface area contributed by atoms with Crippen LogP contribution in [0.25, 0.3) is 0 Å². The maximum absolute atomic E-state index is 12.2. The molecule has 8 heteroatoms. The predicted octanol–water partition coefficient (Wildman–Crippen LogP) is 4.76. The highest BCUT2D eigenvalue weighted by Gasteiger charge is 2.15. The van der Waals surface area contributed by atoms with Crippen molar-refractivity contribution in [2.75, 3.05) is 5.32 Å². The molecule has 0 saturated heterocycles. The molecule has 5 nitrogen and oxygen atoms in total. The van der Waals surface area contributed by atoms with Crippen LogP contribution in [0.4, 0.5) is 11.4 Å². The molecule has 0 spiro atoms. The molecular weight excluding hydrogens is 430 g/mol. The van der Waals surface area contributed by atoms with Crippen LogP contribution in [0.3, 0.4) is 0 Å². The van der Waals surface area contributed by atoms with Gasteiger partial charge in [0.25, 0.3) is 11.6 Å².